The van der Waals surface area contributed by atoms with E-state index in [0.717, 1.165) is 29.5 Å². The van der Waals surface area contributed by atoms with E-state index in [0.29, 0.717) is 27.1 Å². The number of carbonyl (C=O) groups is 1. The molecule has 3 aromatic carbocycles. The van der Waals surface area contributed by atoms with Crippen LogP contribution in [-0.4, -0.2) is 11.6 Å². The van der Waals surface area contributed by atoms with Crippen LogP contribution in [0, 0.1) is 21.0 Å². The molecule has 1 amide bonds. The molecule has 4 rings (SSSR count). The fourth-order valence-electron chi connectivity index (χ4n) is 3.50. The van der Waals surface area contributed by atoms with Gasteiger partial charge in [-0.2, -0.15) is 10.1 Å². The fourth-order valence-corrected chi connectivity index (χ4v) is 6.01. The number of hydrogen-bond donors (Lipinski definition) is 0. The number of anilines is 1. The van der Waals surface area contributed by atoms with Crippen molar-refractivity contribution in [2.45, 2.75) is 27.4 Å². The SMILES string of the molecule is CC1=NN(c2ccc(C)c(C)c2)C(=O)/C1=C\c1cc(I)cc(I)c1OCc1ccc(Cl)cc1Cl. The van der Waals surface area contributed by atoms with E-state index in [-0.39, 0.29) is 12.5 Å². The van der Waals surface area contributed by atoms with Gasteiger partial charge in [-0.3, -0.25) is 4.79 Å². The molecule has 0 bridgehead atoms. The number of aryl methyl sites for hydroxylation is 2. The molecule has 1 aliphatic heterocycles. The highest BCUT2D eigenvalue weighted by molar-refractivity contribution is 14.1. The number of hydrazone groups is 1. The quantitative estimate of drug-likeness (QED) is 0.197. The van der Waals surface area contributed by atoms with E-state index >= 15 is 0 Å². The molecular weight excluding hydrogens is 697 g/mol. The molecule has 0 saturated heterocycles. The summed E-state index contributed by atoms with van der Waals surface area (Å²) in [4.78, 5) is 13.3. The van der Waals surface area contributed by atoms with Crippen LogP contribution >= 0.6 is 68.4 Å². The summed E-state index contributed by atoms with van der Waals surface area (Å²) in [5.41, 5.74) is 5.86. The predicted octanol–water partition coefficient (Wildman–Crippen LogP) is 8.20. The van der Waals surface area contributed by atoms with Crippen LogP contribution in [0.15, 0.2) is 59.2 Å². The first-order chi connectivity index (χ1) is 16.1. The maximum atomic E-state index is 13.3. The van der Waals surface area contributed by atoms with Crippen molar-refractivity contribution in [3.8, 4) is 5.75 Å². The van der Waals surface area contributed by atoms with E-state index < -0.39 is 0 Å². The Morgan fingerprint density at radius 1 is 1.00 bits per heavy atom. The molecule has 1 heterocycles. The lowest BCUT2D eigenvalue weighted by Crippen LogP contribution is -2.21. The lowest BCUT2D eigenvalue weighted by atomic mass is 10.1. The van der Waals surface area contributed by atoms with E-state index in [1.165, 1.54) is 10.6 Å². The summed E-state index contributed by atoms with van der Waals surface area (Å²) >= 11 is 16.9. The van der Waals surface area contributed by atoms with Crippen molar-refractivity contribution in [3.05, 3.63) is 93.5 Å². The molecule has 174 valence electrons. The zero-order valence-electron chi connectivity index (χ0n) is 18.6. The van der Waals surface area contributed by atoms with Gasteiger partial charge in [0.2, 0.25) is 0 Å². The molecule has 0 unspecified atom stereocenters. The molecule has 0 fully saturated rings. The van der Waals surface area contributed by atoms with Crippen LogP contribution in [0.4, 0.5) is 5.69 Å². The normalized spacial score (nSPS) is 14.7. The Hall–Kier alpha value is -1.62. The van der Waals surface area contributed by atoms with Gasteiger partial charge in [0.15, 0.2) is 0 Å². The van der Waals surface area contributed by atoms with Crippen LogP contribution in [0.5, 0.6) is 5.75 Å². The molecule has 0 spiro atoms. The zero-order chi connectivity index (χ0) is 24.6. The van der Waals surface area contributed by atoms with Gasteiger partial charge in [-0.05, 0) is 120 Å². The third-order valence-electron chi connectivity index (χ3n) is 5.52. The van der Waals surface area contributed by atoms with Crippen molar-refractivity contribution in [2.24, 2.45) is 5.10 Å². The highest BCUT2D eigenvalue weighted by Crippen LogP contribution is 2.34. The highest BCUT2D eigenvalue weighted by Gasteiger charge is 2.29. The molecule has 1 aliphatic rings. The summed E-state index contributed by atoms with van der Waals surface area (Å²) in [6.45, 7) is 6.19. The predicted molar refractivity (Wildman–Crippen MR) is 157 cm³/mol. The third kappa shape index (κ3) is 5.45. The Morgan fingerprint density at radius 3 is 2.47 bits per heavy atom. The molecule has 3 aromatic rings. The monoisotopic (exact) mass is 716 g/mol. The van der Waals surface area contributed by atoms with Crippen molar-refractivity contribution in [2.75, 3.05) is 5.01 Å². The lowest BCUT2D eigenvalue weighted by molar-refractivity contribution is -0.114. The summed E-state index contributed by atoms with van der Waals surface area (Å²) in [6.07, 6.45) is 1.85. The van der Waals surface area contributed by atoms with Gasteiger partial charge in [-0.25, -0.2) is 0 Å². The van der Waals surface area contributed by atoms with E-state index in [4.69, 9.17) is 27.9 Å². The Morgan fingerprint density at radius 2 is 1.76 bits per heavy atom. The summed E-state index contributed by atoms with van der Waals surface area (Å²) in [7, 11) is 0. The molecule has 0 aliphatic carbocycles. The summed E-state index contributed by atoms with van der Waals surface area (Å²) in [5.74, 6) is 0.520. The molecule has 0 radical (unpaired) electrons. The fraction of sp³-hybridized carbons (Fsp3) is 0.154. The van der Waals surface area contributed by atoms with Gasteiger partial charge >= 0.3 is 0 Å². The van der Waals surface area contributed by atoms with Gasteiger partial charge in [0.25, 0.3) is 5.91 Å². The zero-order valence-corrected chi connectivity index (χ0v) is 24.5. The number of nitrogens with zero attached hydrogens (tertiary/aromatic N) is 2. The van der Waals surface area contributed by atoms with Crippen LogP contribution in [-0.2, 0) is 11.4 Å². The molecular formula is C26H20Cl2I2N2O2. The van der Waals surface area contributed by atoms with Crippen LogP contribution < -0.4 is 9.75 Å². The standard InChI is InChI=1S/C26H20Cl2I2N2O2/c1-14-4-7-21(8-15(14)2)32-26(33)22(16(3)31-32)10-18-9-20(29)12-24(30)25(18)34-13-17-5-6-19(27)11-23(17)28/h4-12H,13H2,1-3H3/b22-10-. The molecule has 0 saturated carbocycles. The van der Waals surface area contributed by atoms with Crippen molar-refractivity contribution in [1.82, 2.24) is 0 Å². The number of halogens is 4. The number of benzene rings is 3. The van der Waals surface area contributed by atoms with Gasteiger partial charge in [-0.1, -0.05) is 35.3 Å². The minimum Gasteiger partial charge on any atom is -0.487 e. The van der Waals surface area contributed by atoms with Crippen LogP contribution in [0.2, 0.25) is 10.0 Å². The number of amides is 1. The van der Waals surface area contributed by atoms with Crippen molar-refractivity contribution < 1.29 is 9.53 Å². The minimum atomic E-state index is -0.165. The van der Waals surface area contributed by atoms with Crippen LogP contribution in [0.25, 0.3) is 6.08 Å². The lowest BCUT2D eigenvalue weighted by Gasteiger charge is -2.15. The maximum Gasteiger partial charge on any atom is 0.280 e. The largest absolute Gasteiger partial charge is 0.487 e. The van der Waals surface area contributed by atoms with Gasteiger partial charge in [0.1, 0.15) is 12.4 Å². The first-order valence-corrected chi connectivity index (χ1v) is 13.3. The molecule has 8 heteroatoms. The Labute approximate surface area is 236 Å². The molecule has 0 N–H and O–H groups in total. The van der Waals surface area contributed by atoms with Gasteiger partial charge in [0.05, 0.1) is 20.5 Å². The average molecular weight is 717 g/mol. The Balaban J connectivity index is 1.67. The molecule has 0 aromatic heterocycles. The first kappa shape index (κ1) is 25.5. The first-order valence-electron chi connectivity index (χ1n) is 10.4. The maximum absolute atomic E-state index is 13.3. The topological polar surface area (TPSA) is 41.9 Å². The third-order valence-corrected chi connectivity index (χ3v) is 7.53. The van der Waals surface area contributed by atoms with Crippen molar-refractivity contribution in [1.29, 1.82) is 0 Å². The van der Waals surface area contributed by atoms with E-state index in [1.54, 1.807) is 12.1 Å². The minimum absolute atomic E-state index is 0.165. The number of carbonyl (C=O) groups excluding carboxylic acids is 1. The van der Waals surface area contributed by atoms with Crippen molar-refractivity contribution >= 4 is 91.8 Å². The second-order valence-electron chi connectivity index (χ2n) is 7.96. The highest BCUT2D eigenvalue weighted by atomic mass is 127. The smallest absolute Gasteiger partial charge is 0.280 e. The van der Waals surface area contributed by atoms with E-state index in [9.17, 15) is 4.79 Å². The second-order valence-corrected chi connectivity index (χ2v) is 11.2. The number of hydrogen-bond acceptors (Lipinski definition) is 3. The van der Waals surface area contributed by atoms with Gasteiger partial charge < -0.3 is 4.74 Å². The number of rotatable bonds is 5. The van der Waals surface area contributed by atoms with Gasteiger partial charge in [-0.15, -0.1) is 0 Å². The van der Waals surface area contributed by atoms with Gasteiger partial charge in [0, 0.05) is 24.7 Å². The Bertz CT molecular complexity index is 1370. The van der Waals surface area contributed by atoms with E-state index in [1.807, 2.05) is 63.2 Å². The van der Waals surface area contributed by atoms with Crippen molar-refractivity contribution in [3.63, 3.8) is 0 Å². The summed E-state index contributed by atoms with van der Waals surface area (Å²) in [5, 5.41) is 7.11. The molecule has 34 heavy (non-hydrogen) atoms. The molecule has 4 nitrogen and oxygen atoms in total. The summed E-state index contributed by atoms with van der Waals surface area (Å²) < 4.78 is 8.18. The molecule has 0 atom stereocenters. The van der Waals surface area contributed by atoms with Crippen LogP contribution in [0.3, 0.4) is 0 Å². The second kappa shape index (κ2) is 10.6. The number of ether oxygens (including phenoxy) is 1. The van der Waals surface area contributed by atoms with Crippen LogP contribution in [0.1, 0.15) is 29.2 Å². The Kier molecular flexibility index (Phi) is 7.91. The van der Waals surface area contributed by atoms with E-state index in [2.05, 4.69) is 50.3 Å². The summed E-state index contributed by atoms with van der Waals surface area (Å²) in [6, 6.07) is 15.2. The average Bonchev–Trinajstić information content (AvgIpc) is 3.04.